The molecule has 0 atom stereocenters. The third kappa shape index (κ3) is 2.52. The minimum absolute atomic E-state index is 0.239. The Balaban J connectivity index is 2.19. The fourth-order valence-electron chi connectivity index (χ4n) is 1.47. The molecule has 1 N–H and O–H groups in total. The van der Waals surface area contributed by atoms with E-state index in [0.717, 1.165) is 11.3 Å². The predicted octanol–water partition coefficient (Wildman–Crippen LogP) is 2.25. The lowest BCUT2D eigenvalue weighted by molar-refractivity contribution is -0.158. The van der Waals surface area contributed by atoms with Gasteiger partial charge in [0, 0.05) is 18.9 Å². The molecule has 86 valence electrons. The van der Waals surface area contributed by atoms with Crippen LogP contribution in [0.3, 0.4) is 0 Å². The van der Waals surface area contributed by atoms with E-state index < -0.39 is 6.30 Å². The van der Waals surface area contributed by atoms with E-state index in [1.54, 1.807) is 28.9 Å². The second kappa shape index (κ2) is 3.79. The van der Waals surface area contributed by atoms with Crippen molar-refractivity contribution in [1.82, 2.24) is 14.7 Å². The first-order chi connectivity index (χ1) is 7.44. The molecule has 0 aliphatic heterocycles. The van der Waals surface area contributed by atoms with Crippen molar-refractivity contribution in [2.45, 2.75) is 19.8 Å². The van der Waals surface area contributed by atoms with Crippen LogP contribution in [0, 0.1) is 6.92 Å². The van der Waals surface area contributed by atoms with E-state index >= 15 is 0 Å². The van der Waals surface area contributed by atoms with Crippen molar-refractivity contribution in [2.75, 3.05) is 0 Å². The molecule has 6 heteroatoms. The Kier molecular flexibility index (Phi) is 2.59. The lowest BCUT2D eigenvalue weighted by atomic mass is 10.3. The van der Waals surface area contributed by atoms with Crippen molar-refractivity contribution < 1.29 is 13.2 Å². The van der Waals surface area contributed by atoms with E-state index in [0.29, 0.717) is 5.56 Å². The first-order valence-electron chi connectivity index (χ1n) is 4.70. The lowest BCUT2D eigenvalue weighted by Gasteiger charge is -2.08. The van der Waals surface area contributed by atoms with E-state index in [9.17, 15) is 13.2 Å². The molecule has 0 aliphatic carbocycles. The summed E-state index contributed by atoms with van der Waals surface area (Å²) in [6, 6.07) is 3.32. The Morgan fingerprint density at radius 2 is 2.06 bits per heavy atom. The summed E-state index contributed by atoms with van der Waals surface area (Å²) in [5, 5.41) is 1.48. The van der Waals surface area contributed by atoms with Crippen LogP contribution in [0.1, 0.15) is 11.3 Å². The van der Waals surface area contributed by atoms with E-state index in [2.05, 4.69) is 4.98 Å². The van der Waals surface area contributed by atoms with Crippen LogP contribution in [-0.2, 0) is 6.54 Å². The molecule has 16 heavy (non-hydrogen) atoms. The number of halogens is 3. The van der Waals surface area contributed by atoms with Crippen molar-refractivity contribution in [1.29, 1.82) is 0 Å². The summed E-state index contributed by atoms with van der Waals surface area (Å²) in [7, 11) is 0. The highest BCUT2D eigenvalue weighted by Crippen LogP contribution is 2.12. The number of imidazole rings is 1. The van der Waals surface area contributed by atoms with Crippen molar-refractivity contribution in [3.63, 3.8) is 0 Å². The normalized spacial score (nSPS) is 12.2. The molecular weight excluding hydrogens is 219 g/mol. The Morgan fingerprint density at radius 3 is 2.75 bits per heavy atom. The quantitative estimate of drug-likeness (QED) is 0.800. The number of hydrogen-bond donors (Lipinski definition) is 1. The van der Waals surface area contributed by atoms with E-state index in [-0.39, 0.29) is 6.54 Å². The van der Waals surface area contributed by atoms with Crippen LogP contribution in [0.5, 0.6) is 0 Å². The molecule has 0 aliphatic rings. The highest BCUT2D eigenvalue weighted by molar-refractivity contribution is 5.41. The third-order valence-electron chi connectivity index (χ3n) is 2.13. The topological polar surface area (TPSA) is 29.3 Å². The number of rotatable bonds is 2. The zero-order chi connectivity index (χ0) is 11.8. The minimum atomic E-state index is -4.35. The molecule has 2 rings (SSSR count). The van der Waals surface area contributed by atoms with E-state index in [1.807, 2.05) is 6.92 Å². The van der Waals surface area contributed by atoms with Gasteiger partial charge >= 0.3 is 6.30 Å². The van der Waals surface area contributed by atoms with Gasteiger partial charge in [0.1, 0.15) is 5.65 Å². The molecule has 2 aromatic rings. The van der Waals surface area contributed by atoms with Gasteiger partial charge in [-0.3, -0.25) is 0 Å². The Hall–Kier alpha value is -1.56. The summed E-state index contributed by atoms with van der Waals surface area (Å²) in [5.41, 5.74) is 2.12. The second-order valence-electron chi connectivity index (χ2n) is 3.54. The molecule has 0 saturated carbocycles. The van der Waals surface area contributed by atoms with Crippen molar-refractivity contribution in [3.05, 3.63) is 35.8 Å². The molecule has 3 nitrogen and oxygen atoms in total. The zero-order valence-corrected chi connectivity index (χ0v) is 8.54. The van der Waals surface area contributed by atoms with Gasteiger partial charge in [0.2, 0.25) is 0 Å². The number of pyridine rings is 1. The van der Waals surface area contributed by atoms with Gasteiger partial charge in [-0.1, -0.05) is 6.07 Å². The van der Waals surface area contributed by atoms with Crippen LogP contribution < -0.4 is 5.32 Å². The number of nitrogens with one attached hydrogen (secondary N) is 1. The Labute approximate surface area is 89.9 Å². The van der Waals surface area contributed by atoms with Gasteiger partial charge in [0.05, 0.1) is 5.69 Å². The molecule has 2 heterocycles. The first kappa shape index (κ1) is 10.9. The van der Waals surface area contributed by atoms with Gasteiger partial charge in [0.15, 0.2) is 0 Å². The molecule has 0 amide bonds. The molecule has 0 saturated heterocycles. The smallest absolute Gasteiger partial charge is 0.307 e. The van der Waals surface area contributed by atoms with Crippen molar-refractivity contribution in [3.8, 4) is 0 Å². The van der Waals surface area contributed by atoms with Crippen LogP contribution in [0.2, 0.25) is 0 Å². The standard InChI is InChI=1S/C10H10F3N3/c1-7-5-16-6-8(2-3-9(16)15-7)4-14-10(11,12)13/h2-3,5-6,14H,4H2,1H3. The van der Waals surface area contributed by atoms with Crippen LogP contribution in [0.25, 0.3) is 5.65 Å². The molecule has 0 radical (unpaired) electrons. The number of alkyl halides is 3. The predicted molar refractivity (Wildman–Crippen MR) is 52.8 cm³/mol. The van der Waals surface area contributed by atoms with Crippen molar-refractivity contribution >= 4 is 5.65 Å². The maximum Gasteiger partial charge on any atom is 0.457 e. The highest BCUT2D eigenvalue weighted by atomic mass is 19.4. The molecule has 0 bridgehead atoms. The summed E-state index contributed by atoms with van der Waals surface area (Å²) in [6.07, 6.45) is -0.944. The van der Waals surface area contributed by atoms with Crippen LogP contribution in [-0.4, -0.2) is 15.7 Å². The average Bonchev–Trinajstić information content (AvgIpc) is 2.52. The molecule has 0 unspecified atom stereocenters. The fraction of sp³-hybridized carbons (Fsp3) is 0.300. The van der Waals surface area contributed by atoms with Gasteiger partial charge in [-0.2, -0.15) is 13.2 Å². The first-order valence-corrected chi connectivity index (χ1v) is 4.70. The van der Waals surface area contributed by atoms with Gasteiger partial charge in [-0.15, -0.1) is 0 Å². The van der Waals surface area contributed by atoms with Gasteiger partial charge in [0.25, 0.3) is 0 Å². The SMILES string of the molecule is Cc1cn2cc(CNC(F)(F)F)ccc2n1. The third-order valence-corrected chi connectivity index (χ3v) is 2.13. The molecular formula is C10H10F3N3. The fourth-order valence-corrected chi connectivity index (χ4v) is 1.47. The number of hydrogen-bond acceptors (Lipinski definition) is 2. The zero-order valence-electron chi connectivity index (χ0n) is 8.54. The summed E-state index contributed by atoms with van der Waals surface area (Å²) < 4.78 is 37.5. The number of aryl methyl sites for hydroxylation is 1. The lowest BCUT2D eigenvalue weighted by Crippen LogP contribution is -2.30. The average molecular weight is 229 g/mol. The second-order valence-corrected chi connectivity index (χ2v) is 3.54. The maximum absolute atomic E-state index is 11.9. The van der Waals surface area contributed by atoms with Crippen LogP contribution in [0.15, 0.2) is 24.5 Å². The minimum Gasteiger partial charge on any atom is -0.307 e. The van der Waals surface area contributed by atoms with Crippen LogP contribution in [0.4, 0.5) is 13.2 Å². The van der Waals surface area contributed by atoms with Gasteiger partial charge in [-0.05, 0) is 18.6 Å². The molecule has 0 fully saturated rings. The summed E-state index contributed by atoms with van der Waals surface area (Å²) in [5.74, 6) is 0. The number of aromatic nitrogens is 2. The maximum atomic E-state index is 11.9. The summed E-state index contributed by atoms with van der Waals surface area (Å²) in [4.78, 5) is 4.18. The van der Waals surface area contributed by atoms with E-state index in [4.69, 9.17) is 0 Å². The van der Waals surface area contributed by atoms with Gasteiger partial charge < -0.3 is 4.40 Å². The largest absolute Gasteiger partial charge is 0.457 e. The number of nitrogens with zero attached hydrogens (tertiary/aromatic N) is 2. The van der Waals surface area contributed by atoms with Crippen LogP contribution >= 0.6 is 0 Å². The molecule has 2 aromatic heterocycles. The molecule has 0 spiro atoms. The molecule has 0 aromatic carbocycles. The Morgan fingerprint density at radius 1 is 1.31 bits per heavy atom. The summed E-state index contributed by atoms with van der Waals surface area (Å²) in [6.45, 7) is 1.59. The van der Waals surface area contributed by atoms with Crippen molar-refractivity contribution in [2.24, 2.45) is 0 Å². The summed E-state index contributed by atoms with van der Waals surface area (Å²) >= 11 is 0. The van der Waals surface area contributed by atoms with Gasteiger partial charge in [-0.25, -0.2) is 10.3 Å². The number of fused-ring (bicyclic) bond motifs is 1. The van der Waals surface area contributed by atoms with E-state index in [1.165, 1.54) is 5.32 Å². The highest BCUT2D eigenvalue weighted by Gasteiger charge is 2.25. The monoisotopic (exact) mass is 229 g/mol. The Bertz CT molecular complexity index is 501.